The van der Waals surface area contributed by atoms with Crippen molar-refractivity contribution >= 4 is 11.0 Å². The third-order valence-corrected chi connectivity index (χ3v) is 4.72. The average Bonchev–Trinajstić information content (AvgIpc) is 3.02. The Morgan fingerprint density at radius 2 is 1.42 bits per heavy atom. The van der Waals surface area contributed by atoms with Crippen LogP contribution in [0.5, 0.6) is 0 Å². The highest BCUT2D eigenvalue weighted by atomic mass is 16.2. The maximum Gasteiger partial charge on any atom is 0.331 e. The lowest BCUT2D eigenvalue weighted by Gasteiger charge is -2.12. The largest absolute Gasteiger partial charge is 0.344 e. The molecule has 2 heterocycles. The van der Waals surface area contributed by atoms with E-state index in [1.54, 1.807) is 9.13 Å². The topological polar surface area (TPSA) is 48.9 Å². The van der Waals surface area contributed by atoms with Crippen LogP contribution in [0.2, 0.25) is 0 Å². The molecule has 2 aromatic carbocycles. The van der Waals surface area contributed by atoms with E-state index in [0.717, 1.165) is 16.7 Å². The molecule has 5 heteroatoms. The molecule has 0 N–H and O–H groups in total. The highest BCUT2D eigenvalue weighted by molar-refractivity contribution is 5.93. The minimum atomic E-state index is -0.310. The van der Waals surface area contributed by atoms with Crippen LogP contribution in [-0.2, 0) is 20.6 Å². The lowest BCUT2D eigenvalue weighted by molar-refractivity contribution is 0.671. The summed E-state index contributed by atoms with van der Waals surface area (Å²) in [5.74, 6) is 0. The molecule has 0 radical (unpaired) electrons. The summed E-state index contributed by atoms with van der Waals surface area (Å²) in [6.07, 6.45) is 1.92. The minimum absolute atomic E-state index is 0.279. The third-order valence-electron chi connectivity index (χ3n) is 4.72. The summed E-state index contributed by atoms with van der Waals surface area (Å²) in [5, 5.41) is 0. The van der Waals surface area contributed by atoms with E-state index in [9.17, 15) is 9.59 Å². The number of hydrogen-bond acceptors (Lipinski definition) is 2. The van der Waals surface area contributed by atoms with E-state index in [-0.39, 0.29) is 11.2 Å². The summed E-state index contributed by atoms with van der Waals surface area (Å²) in [6, 6.07) is 19.6. The van der Waals surface area contributed by atoms with Gasteiger partial charge in [0.2, 0.25) is 0 Å². The molecule has 5 nitrogen and oxygen atoms in total. The van der Waals surface area contributed by atoms with Crippen LogP contribution < -0.4 is 11.2 Å². The SMILES string of the molecule is Cn1c(=O)c2c(c(-c3ccccc3)cn2C)n(Cc2ccccc2)c1=O. The smallest absolute Gasteiger partial charge is 0.331 e. The molecular formula is C21H19N3O2. The Morgan fingerprint density at radius 3 is 2.08 bits per heavy atom. The Bertz CT molecular complexity index is 1200. The number of fused-ring (bicyclic) bond motifs is 1. The Kier molecular flexibility index (Phi) is 3.84. The molecule has 26 heavy (non-hydrogen) atoms. The number of nitrogens with zero attached hydrogens (tertiary/aromatic N) is 3. The van der Waals surface area contributed by atoms with Crippen molar-refractivity contribution in [3.63, 3.8) is 0 Å². The first-order valence-corrected chi connectivity index (χ1v) is 8.46. The van der Waals surface area contributed by atoms with Crippen LogP contribution in [0.4, 0.5) is 0 Å². The molecule has 0 aliphatic heterocycles. The van der Waals surface area contributed by atoms with Gasteiger partial charge in [-0.25, -0.2) is 4.79 Å². The zero-order valence-corrected chi connectivity index (χ0v) is 14.7. The average molecular weight is 345 g/mol. The molecule has 0 aliphatic carbocycles. The van der Waals surface area contributed by atoms with Crippen molar-refractivity contribution in [3.8, 4) is 11.1 Å². The molecule has 2 aromatic heterocycles. The van der Waals surface area contributed by atoms with Crippen molar-refractivity contribution in [2.24, 2.45) is 14.1 Å². The molecule has 0 spiro atoms. The Balaban J connectivity index is 2.10. The Morgan fingerprint density at radius 1 is 0.808 bits per heavy atom. The first-order chi connectivity index (χ1) is 12.6. The second-order valence-electron chi connectivity index (χ2n) is 6.44. The van der Waals surface area contributed by atoms with Gasteiger partial charge in [0, 0.05) is 25.9 Å². The van der Waals surface area contributed by atoms with E-state index < -0.39 is 0 Å². The van der Waals surface area contributed by atoms with Gasteiger partial charge in [0.1, 0.15) is 5.52 Å². The van der Waals surface area contributed by atoms with E-state index in [4.69, 9.17) is 0 Å². The molecule has 4 aromatic rings. The first-order valence-electron chi connectivity index (χ1n) is 8.46. The molecule has 0 saturated heterocycles. The van der Waals surface area contributed by atoms with Gasteiger partial charge < -0.3 is 4.57 Å². The van der Waals surface area contributed by atoms with Crippen molar-refractivity contribution < 1.29 is 0 Å². The van der Waals surface area contributed by atoms with Crippen LogP contribution in [0.15, 0.2) is 76.4 Å². The summed E-state index contributed by atoms with van der Waals surface area (Å²) < 4.78 is 4.68. The number of benzene rings is 2. The van der Waals surface area contributed by atoms with E-state index in [0.29, 0.717) is 17.6 Å². The van der Waals surface area contributed by atoms with Crippen molar-refractivity contribution in [3.05, 3.63) is 93.3 Å². The predicted molar refractivity (Wildman–Crippen MR) is 103 cm³/mol. The quantitative estimate of drug-likeness (QED) is 0.573. The maximum absolute atomic E-state index is 12.9. The number of aryl methyl sites for hydroxylation is 1. The van der Waals surface area contributed by atoms with Crippen molar-refractivity contribution in [2.75, 3.05) is 0 Å². The highest BCUT2D eigenvalue weighted by Crippen LogP contribution is 2.28. The lowest BCUT2D eigenvalue weighted by Crippen LogP contribution is -2.38. The molecule has 0 unspecified atom stereocenters. The third kappa shape index (κ3) is 2.49. The predicted octanol–water partition coefficient (Wildman–Crippen LogP) is 2.75. The zero-order chi connectivity index (χ0) is 18.3. The molecule has 0 amide bonds. The molecule has 4 rings (SSSR count). The van der Waals surface area contributed by atoms with E-state index in [1.807, 2.05) is 73.9 Å². The van der Waals surface area contributed by atoms with Crippen LogP contribution in [0.1, 0.15) is 5.56 Å². The van der Waals surface area contributed by atoms with Crippen LogP contribution in [-0.4, -0.2) is 13.7 Å². The van der Waals surface area contributed by atoms with Gasteiger partial charge in [-0.05, 0) is 11.1 Å². The standard InChI is InChI=1S/C21H19N3O2/c1-22-14-17(16-11-7-4-8-12-16)18-19(22)20(25)23(2)21(26)24(18)13-15-9-5-3-6-10-15/h3-12,14H,13H2,1-2H3. The van der Waals surface area contributed by atoms with Crippen LogP contribution in [0.25, 0.3) is 22.2 Å². The second kappa shape index (κ2) is 6.19. The van der Waals surface area contributed by atoms with Gasteiger partial charge >= 0.3 is 5.69 Å². The van der Waals surface area contributed by atoms with Gasteiger partial charge in [-0.3, -0.25) is 13.9 Å². The number of hydrogen-bond donors (Lipinski definition) is 0. The summed E-state index contributed by atoms with van der Waals surface area (Å²) in [7, 11) is 3.37. The fraction of sp³-hybridized carbons (Fsp3) is 0.143. The van der Waals surface area contributed by atoms with E-state index in [1.165, 1.54) is 11.6 Å². The summed E-state index contributed by atoms with van der Waals surface area (Å²) in [6.45, 7) is 0.411. The summed E-state index contributed by atoms with van der Waals surface area (Å²) >= 11 is 0. The van der Waals surface area contributed by atoms with Crippen molar-refractivity contribution in [2.45, 2.75) is 6.54 Å². The van der Waals surface area contributed by atoms with Gasteiger partial charge in [0.25, 0.3) is 5.56 Å². The van der Waals surface area contributed by atoms with E-state index >= 15 is 0 Å². The fourth-order valence-electron chi connectivity index (χ4n) is 3.40. The zero-order valence-electron chi connectivity index (χ0n) is 14.7. The van der Waals surface area contributed by atoms with Crippen molar-refractivity contribution in [1.82, 2.24) is 13.7 Å². The van der Waals surface area contributed by atoms with Crippen LogP contribution in [0, 0.1) is 0 Å². The highest BCUT2D eigenvalue weighted by Gasteiger charge is 2.19. The Labute approximate surface area is 150 Å². The van der Waals surface area contributed by atoms with Crippen LogP contribution in [0.3, 0.4) is 0 Å². The summed E-state index contributed by atoms with van der Waals surface area (Å²) in [4.78, 5) is 25.7. The first kappa shape index (κ1) is 16.1. The fourth-order valence-corrected chi connectivity index (χ4v) is 3.40. The van der Waals surface area contributed by atoms with Gasteiger partial charge in [-0.2, -0.15) is 0 Å². The molecule has 0 fully saturated rings. The molecular weight excluding hydrogens is 326 g/mol. The minimum Gasteiger partial charge on any atom is -0.344 e. The molecule has 130 valence electrons. The summed E-state index contributed by atoms with van der Waals surface area (Å²) in [5.41, 5.74) is 3.49. The van der Waals surface area contributed by atoms with Gasteiger partial charge in [0.15, 0.2) is 0 Å². The lowest BCUT2D eigenvalue weighted by atomic mass is 10.1. The van der Waals surface area contributed by atoms with Crippen molar-refractivity contribution in [1.29, 1.82) is 0 Å². The van der Waals surface area contributed by atoms with Crippen LogP contribution >= 0.6 is 0 Å². The molecule has 0 bridgehead atoms. The normalized spacial score (nSPS) is 11.2. The molecule has 0 saturated carbocycles. The maximum atomic E-state index is 12.9. The monoisotopic (exact) mass is 345 g/mol. The molecule has 0 atom stereocenters. The second-order valence-corrected chi connectivity index (χ2v) is 6.44. The van der Waals surface area contributed by atoms with Gasteiger partial charge in [-0.15, -0.1) is 0 Å². The van der Waals surface area contributed by atoms with Gasteiger partial charge in [0.05, 0.1) is 12.1 Å². The number of aromatic nitrogens is 3. The number of rotatable bonds is 3. The van der Waals surface area contributed by atoms with Gasteiger partial charge in [-0.1, -0.05) is 60.7 Å². The molecule has 0 aliphatic rings. The van der Waals surface area contributed by atoms with E-state index in [2.05, 4.69) is 0 Å². The Hall–Kier alpha value is -3.34.